The smallest absolute Gasteiger partial charge is 0.310 e. The first-order chi connectivity index (χ1) is 11.8. The molecule has 1 N–H and O–H groups in total. The van der Waals surface area contributed by atoms with Crippen LogP contribution in [0.2, 0.25) is 35.7 Å². The molecule has 0 aliphatic rings. The van der Waals surface area contributed by atoms with E-state index in [9.17, 15) is 4.79 Å². The van der Waals surface area contributed by atoms with Gasteiger partial charge in [-0.15, -0.1) is 0 Å². The summed E-state index contributed by atoms with van der Waals surface area (Å²) in [7, 11) is -1.21. The maximum Gasteiger partial charge on any atom is 0.310 e. The van der Waals surface area contributed by atoms with Crippen LogP contribution in [0.1, 0.15) is 5.56 Å². The normalized spacial score (nSPS) is 11.2. The molecule has 0 saturated heterocycles. The van der Waals surface area contributed by atoms with Gasteiger partial charge >= 0.3 is 5.97 Å². The van der Waals surface area contributed by atoms with Crippen molar-refractivity contribution in [1.29, 1.82) is 0 Å². The minimum absolute atomic E-state index is 0.205. The molecule has 134 valence electrons. The van der Waals surface area contributed by atoms with Gasteiger partial charge in [0.25, 0.3) is 0 Å². The first-order valence-electron chi connectivity index (χ1n) is 8.21. The van der Waals surface area contributed by atoms with Crippen molar-refractivity contribution in [2.75, 3.05) is 11.9 Å². The number of para-hydroxylation sites is 2. The van der Waals surface area contributed by atoms with Crippen LogP contribution in [0.15, 0.2) is 42.5 Å². The lowest BCUT2D eigenvalue weighted by Gasteiger charge is -2.16. The molecule has 0 heterocycles. The van der Waals surface area contributed by atoms with Gasteiger partial charge in [0, 0.05) is 13.8 Å². The topological polar surface area (TPSA) is 38.3 Å². The molecule has 0 aliphatic heterocycles. The van der Waals surface area contributed by atoms with Gasteiger partial charge in [0.15, 0.2) is 0 Å². The number of carbonyl (C=O) groups is 1. The zero-order chi connectivity index (χ0) is 18.4. The molecule has 0 fully saturated rings. The molecule has 0 bridgehead atoms. The van der Waals surface area contributed by atoms with Crippen molar-refractivity contribution in [3.05, 3.63) is 58.1 Å². The fourth-order valence-electron chi connectivity index (χ4n) is 2.23. The lowest BCUT2D eigenvalue weighted by molar-refractivity contribution is -0.142. The van der Waals surface area contributed by atoms with Crippen molar-refractivity contribution in [2.45, 2.75) is 32.1 Å². The molecular formula is C19H23Cl2NO2Si. The molecule has 2 rings (SSSR count). The van der Waals surface area contributed by atoms with Gasteiger partial charge in [-0.1, -0.05) is 67.1 Å². The summed E-state index contributed by atoms with van der Waals surface area (Å²) >= 11 is 12.4. The van der Waals surface area contributed by atoms with E-state index in [0.717, 1.165) is 17.3 Å². The summed E-state index contributed by atoms with van der Waals surface area (Å²) in [5.74, 6) is -0.224. The summed E-state index contributed by atoms with van der Waals surface area (Å²) in [6, 6.07) is 13.9. The zero-order valence-corrected chi connectivity index (χ0v) is 17.2. The summed E-state index contributed by atoms with van der Waals surface area (Å²) in [6.45, 7) is 7.26. The summed E-state index contributed by atoms with van der Waals surface area (Å²) in [6.07, 6.45) is 0.205. The van der Waals surface area contributed by atoms with Gasteiger partial charge in [-0.2, -0.15) is 0 Å². The number of benzene rings is 2. The fourth-order valence-corrected chi connectivity index (χ4v) is 3.43. The Morgan fingerprint density at radius 2 is 1.68 bits per heavy atom. The third kappa shape index (κ3) is 6.38. The van der Waals surface area contributed by atoms with Crippen LogP contribution in [0, 0.1) is 0 Å². The van der Waals surface area contributed by atoms with Crippen molar-refractivity contribution >= 4 is 48.6 Å². The Morgan fingerprint density at radius 1 is 1.04 bits per heavy atom. The highest BCUT2D eigenvalue weighted by molar-refractivity contribution is 6.76. The van der Waals surface area contributed by atoms with Crippen LogP contribution in [-0.2, 0) is 16.0 Å². The van der Waals surface area contributed by atoms with E-state index >= 15 is 0 Å². The number of anilines is 2. The summed E-state index contributed by atoms with van der Waals surface area (Å²) in [5.41, 5.74) is 2.27. The van der Waals surface area contributed by atoms with Crippen molar-refractivity contribution < 1.29 is 9.53 Å². The standard InChI is InChI=1S/C19H23Cl2NO2Si/c1-25(2,3)12-11-24-18(23)13-14-7-4-5-10-17(14)22-19-15(20)8-6-9-16(19)21/h4-10,22H,11-13H2,1-3H3. The summed E-state index contributed by atoms with van der Waals surface area (Å²) < 4.78 is 5.39. The molecule has 0 saturated carbocycles. The molecule has 0 radical (unpaired) electrons. The second-order valence-corrected chi connectivity index (χ2v) is 13.5. The Kier molecular flexibility index (Phi) is 6.93. The van der Waals surface area contributed by atoms with Crippen molar-refractivity contribution in [2.24, 2.45) is 0 Å². The van der Waals surface area contributed by atoms with Crippen molar-refractivity contribution in [1.82, 2.24) is 0 Å². The van der Waals surface area contributed by atoms with E-state index in [-0.39, 0.29) is 12.4 Å². The van der Waals surface area contributed by atoms with E-state index in [2.05, 4.69) is 25.0 Å². The molecule has 25 heavy (non-hydrogen) atoms. The van der Waals surface area contributed by atoms with E-state index in [1.165, 1.54) is 0 Å². The molecule has 0 atom stereocenters. The van der Waals surface area contributed by atoms with E-state index in [1.807, 2.05) is 24.3 Å². The minimum Gasteiger partial charge on any atom is -0.466 e. The predicted octanol–water partition coefficient (Wildman–Crippen LogP) is 6.16. The van der Waals surface area contributed by atoms with Crippen molar-refractivity contribution in [3.8, 4) is 0 Å². The Hall–Kier alpha value is -1.49. The van der Waals surface area contributed by atoms with E-state index < -0.39 is 8.07 Å². The molecule has 0 unspecified atom stereocenters. The summed E-state index contributed by atoms with van der Waals surface area (Å²) in [4.78, 5) is 12.2. The number of halogens is 2. The van der Waals surface area contributed by atoms with Crippen LogP contribution in [0.5, 0.6) is 0 Å². The highest BCUT2D eigenvalue weighted by Crippen LogP contribution is 2.33. The van der Waals surface area contributed by atoms with Gasteiger partial charge in [-0.3, -0.25) is 4.79 Å². The average molecular weight is 396 g/mol. The monoisotopic (exact) mass is 395 g/mol. The number of hydrogen-bond acceptors (Lipinski definition) is 3. The molecule has 0 aliphatic carbocycles. The number of hydrogen-bond donors (Lipinski definition) is 1. The lowest BCUT2D eigenvalue weighted by atomic mass is 10.1. The Morgan fingerprint density at radius 3 is 2.32 bits per heavy atom. The van der Waals surface area contributed by atoms with Crippen LogP contribution in [0.4, 0.5) is 11.4 Å². The van der Waals surface area contributed by atoms with Gasteiger partial charge < -0.3 is 10.1 Å². The number of rotatable bonds is 7. The molecule has 0 spiro atoms. The Balaban J connectivity index is 2.07. The Bertz CT molecular complexity index is 724. The van der Waals surface area contributed by atoms with Crippen LogP contribution >= 0.6 is 23.2 Å². The molecule has 2 aromatic carbocycles. The largest absolute Gasteiger partial charge is 0.466 e. The van der Waals surface area contributed by atoms with E-state index in [4.69, 9.17) is 27.9 Å². The number of carbonyl (C=O) groups excluding carboxylic acids is 1. The fraction of sp³-hybridized carbons (Fsp3) is 0.316. The van der Waals surface area contributed by atoms with Crippen LogP contribution < -0.4 is 5.32 Å². The minimum atomic E-state index is -1.21. The van der Waals surface area contributed by atoms with Gasteiger partial charge in [0.2, 0.25) is 0 Å². The lowest BCUT2D eigenvalue weighted by Crippen LogP contribution is -2.23. The van der Waals surface area contributed by atoms with Gasteiger partial charge in [-0.25, -0.2) is 0 Å². The van der Waals surface area contributed by atoms with E-state index in [0.29, 0.717) is 22.3 Å². The van der Waals surface area contributed by atoms with Gasteiger partial charge in [0.1, 0.15) is 0 Å². The third-order valence-electron chi connectivity index (χ3n) is 3.69. The van der Waals surface area contributed by atoms with Crippen LogP contribution in [0.3, 0.4) is 0 Å². The van der Waals surface area contributed by atoms with Crippen LogP contribution in [0.25, 0.3) is 0 Å². The van der Waals surface area contributed by atoms with Gasteiger partial charge in [-0.05, 0) is 29.8 Å². The first kappa shape index (κ1) is 19.8. The molecular weight excluding hydrogens is 373 g/mol. The number of ether oxygens (including phenoxy) is 1. The summed E-state index contributed by atoms with van der Waals surface area (Å²) in [5, 5.41) is 4.29. The van der Waals surface area contributed by atoms with E-state index in [1.54, 1.807) is 18.2 Å². The SMILES string of the molecule is C[Si](C)(C)CCOC(=O)Cc1ccccc1Nc1c(Cl)cccc1Cl. The first-order valence-corrected chi connectivity index (χ1v) is 12.7. The van der Waals surface area contributed by atoms with Crippen molar-refractivity contribution in [3.63, 3.8) is 0 Å². The maximum absolute atomic E-state index is 12.2. The maximum atomic E-state index is 12.2. The predicted molar refractivity (Wildman–Crippen MR) is 109 cm³/mol. The zero-order valence-electron chi connectivity index (χ0n) is 14.7. The molecule has 3 nitrogen and oxygen atoms in total. The van der Waals surface area contributed by atoms with Crippen LogP contribution in [-0.4, -0.2) is 20.7 Å². The molecule has 6 heteroatoms. The second kappa shape index (κ2) is 8.74. The number of nitrogens with one attached hydrogen (secondary N) is 1. The Labute approximate surface area is 160 Å². The average Bonchev–Trinajstić information content (AvgIpc) is 2.51. The van der Waals surface area contributed by atoms with Gasteiger partial charge in [0.05, 0.1) is 28.8 Å². The number of esters is 1. The highest BCUT2D eigenvalue weighted by atomic mass is 35.5. The molecule has 0 amide bonds. The molecule has 0 aromatic heterocycles. The molecule has 2 aromatic rings. The second-order valence-electron chi connectivity index (χ2n) is 7.09. The third-order valence-corrected chi connectivity index (χ3v) is 6.02. The quantitative estimate of drug-likeness (QED) is 0.450. The highest BCUT2D eigenvalue weighted by Gasteiger charge is 2.15.